The average Bonchev–Trinajstić information content (AvgIpc) is 2.95. The smallest absolute Gasteiger partial charge is 0.408 e. The van der Waals surface area contributed by atoms with E-state index in [2.05, 4.69) is 10.6 Å². The van der Waals surface area contributed by atoms with Gasteiger partial charge in [0.1, 0.15) is 17.7 Å². The first kappa shape index (κ1) is 33.2. The van der Waals surface area contributed by atoms with Crippen molar-refractivity contribution in [1.29, 1.82) is 0 Å². The summed E-state index contributed by atoms with van der Waals surface area (Å²) < 4.78 is 5.56. The number of rotatable bonds is 8. The van der Waals surface area contributed by atoms with Gasteiger partial charge in [-0.1, -0.05) is 84.4 Å². The van der Waals surface area contributed by atoms with Gasteiger partial charge in [-0.2, -0.15) is 0 Å². The van der Waals surface area contributed by atoms with Gasteiger partial charge in [0.2, 0.25) is 5.91 Å². The van der Waals surface area contributed by atoms with Crippen LogP contribution in [0.3, 0.4) is 0 Å². The molecule has 0 aliphatic heterocycles. The number of hydrogen-bond donors (Lipinski definition) is 2. The topological polar surface area (TPSA) is 87.7 Å². The molecule has 45 heavy (non-hydrogen) atoms. The van der Waals surface area contributed by atoms with E-state index in [9.17, 15) is 14.4 Å². The lowest BCUT2D eigenvalue weighted by molar-refractivity contribution is -0.146. The summed E-state index contributed by atoms with van der Waals surface area (Å²) in [5.74, 6) is -0.741. The summed E-state index contributed by atoms with van der Waals surface area (Å²) in [6, 6.07) is 27.1. The molecule has 4 aromatic rings. The molecule has 7 heteroatoms. The Bertz CT molecular complexity index is 1670. The van der Waals surface area contributed by atoms with Crippen LogP contribution in [0.15, 0.2) is 91.0 Å². The van der Waals surface area contributed by atoms with Gasteiger partial charge >= 0.3 is 6.09 Å². The second-order valence-corrected chi connectivity index (χ2v) is 13.6. The van der Waals surface area contributed by atoms with E-state index in [-0.39, 0.29) is 12.3 Å². The highest BCUT2D eigenvalue weighted by molar-refractivity contribution is 6.01. The first-order chi connectivity index (χ1) is 21.1. The molecule has 4 aromatic carbocycles. The van der Waals surface area contributed by atoms with Crippen LogP contribution in [0.25, 0.3) is 10.8 Å². The molecule has 0 radical (unpaired) electrons. The van der Waals surface area contributed by atoms with Gasteiger partial charge in [-0.05, 0) is 95.0 Å². The molecule has 236 valence electrons. The molecule has 0 aliphatic carbocycles. The molecule has 0 fully saturated rings. The highest BCUT2D eigenvalue weighted by atomic mass is 16.6. The molecule has 0 bridgehead atoms. The molecule has 0 spiro atoms. The summed E-state index contributed by atoms with van der Waals surface area (Å²) in [5.41, 5.74) is 2.48. The van der Waals surface area contributed by atoms with Crippen LogP contribution in [0.5, 0.6) is 0 Å². The van der Waals surface area contributed by atoms with Crippen LogP contribution in [0.2, 0.25) is 0 Å². The van der Waals surface area contributed by atoms with Crippen LogP contribution >= 0.6 is 0 Å². The third kappa shape index (κ3) is 8.72. The molecule has 3 amide bonds. The minimum Gasteiger partial charge on any atom is -0.444 e. The number of hydrogen-bond acceptors (Lipinski definition) is 4. The molecule has 4 rings (SSSR count). The lowest BCUT2D eigenvalue weighted by atomic mass is 9.91. The predicted octanol–water partition coefficient (Wildman–Crippen LogP) is 7.90. The Morgan fingerprint density at radius 3 is 2.07 bits per heavy atom. The number of fused-ring (bicyclic) bond motifs is 1. The number of nitrogens with one attached hydrogen (secondary N) is 2. The fourth-order valence-corrected chi connectivity index (χ4v) is 5.44. The Morgan fingerprint density at radius 1 is 0.778 bits per heavy atom. The van der Waals surface area contributed by atoms with E-state index in [0.717, 1.165) is 27.5 Å². The zero-order valence-corrected chi connectivity index (χ0v) is 27.6. The van der Waals surface area contributed by atoms with Crippen molar-refractivity contribution in [2.45, 2.75) is 85.0 Å². The van der Waals surface area contributed by atoms with Gasteiger partial charge in [0, 0.05) is 17.6 Å². The summed E-state index contributed by atoms with van der Waals surface area (Å²) in [7, 11) is 0. The minimum absolute atomic E-state index is 0.220. The predicted molar refractivity (Wildman–Crippen MR) is 181 cm³/mol. The summed E-state index contributed by atoms with van der Waals surface area (Å²) >= 11 is 0. The fraction of sp³-hybridized carbons (Fsp3) is 0.342. The van der Waals surface area contributed by atoms with Crippen molar-refractivity contribution < 1.29 is 19.1 Å². The van der Waals surface area contributed by atoms with E-state index >= 15 is 0 Å². The number of amides is 3. The number of alkyl carbamates (subject to hydrolysis) is 1. The van der Waals surface area contributed by atoms with E-state index < -0.39 is 35.2 Å². The summed E-state index contributed by atoms with van der Waals surface area (Å²) in [4.78, 5) is 44.0. The number of nitrogens with zero attached hydrogens (tertiary/aromatic N) is 1. The Balaban J connectivity index is 1.81. The third-order valence-electron chi connectivity index (χ3n) is 7.48. The molecule has 2 N–H and O–H groups in total. The van der Waals surface area contributed by atoms with Crippen LogP contribution in [-0.2, 0) is 20.7 Å². The second-order valence-electron chi connectivity index (χ2n) is 13.6. The van der Waals surface area contributed by atoms with Crippen molar-refractivity contribution in [3.05, 3.63) is 113 Å². The molecular formula is C38H45N3O4. The van der Waals surface area contributed by atoms with Gasteiger partial charge in [-0.3, -0.25) is 9.59 Å². The molecule has 2 unspecified atom stereocenters. The number of aryl methyl sites for hydroxylation is 2. The standard InChI is InChI=1S/C38H45N3O4/c1-25-18-19-26(2)31(22-25)33(34(42)39-30-21-20-28-16-12-13-17-29(28)24-30)41(37(3,4)5)35(43)32(23-27-14-10-9-11-15-27)40-36(44)45-38(6,7)8/h9-22,24,32-33H,23H2,1-8H3,(H,39,42)(H,40,44). The summed E-state index contributed by atoms with van der Waals surface area (Å²) in [5, 5.41) is 7.99. The van der Waals surface area contributed by atoms with E-state index in [4.69, 9.17) is 4.74 Å². The molecule has 0 aliphatic rings. The van der Waals surface area contributed by atoms with Gasteiger partial charge in [-0.15, -0.1) is 0 Å². The Kier molecular flexibility index (Phi) is 10.0. The quantitative estimate of drug-likeness (QED) is 0.213. The highest BCUT2D eigenvalue weighted by Gasteiger charge is 2.42. The molecule has 0 saturated carbocycles. The largest absolute Gasteiger partial charge is 0.444 e. The molecule has 0 heterocycles. The Morgan fingerprint density at radius 2 is 1.42 bits per heavy atom. The zero-order valence-electron chi connectivity index (χ0n) is 27.6. The van der Waals surface area contributed by atoms with Gasteiger partial charge in [-0.25, -0.2) is 4.79 Å². The maximum atomic E-state index is 14.8. The van der Waals surface area contributed by atoms with Crippen molar-refractivity contribution in [2.24, 2.45) is 0 Å². The van der Waals surface area contributed by atoms with Crippen LogP contribution in [-0.4, -0.2) is 40.0 Å². The summed E-state index contributed by atoms with van der Waals surface area (Å²) in [6.45, 7) is 14.9. The maximum Gasteiger partial charge on any atom is 0.408 e. The monoisotopic (exact) mass is 607 g/mol. The maximum absolute atomic E-state index is 14.8. The Labute approximate surface area is 267 Å². The highest BCUT2D eigenvalue weighted by Crippen LogP contribution is 2.34. The lowest BCUT2D eigenvalue weighted by Crippen LogP contribution is -2.58. The first-order valence-electron chi connectivity index (χ1n) is 15.4. The minimum atomic E-state index is -0.998. The normalized spacial score (nSPS) is 13.1. The van der Waals surface area contributed by atoms with E-state index in [1.165, 1.54) is 0 Å². The zero-order chi connectivity index (χ0) is 32.9. The van der Waals surface area contributed by atoms with Crippen molar-refractivity contribution in [3.8, 4) is 0 Å². The Hall–Kier alpha value is -4.65. The molecule has 2 atom stereocenters. The van der Waals surface area contributed by atoms with Crippen molar-refractivity contribution in [2.75, 3.05) is 5.32 Å². The SMILES string of the molecule is Cc1ccc(C)c(C(C(=O)Nc2ccc3ccccc3c2)N(C(=O)C(Cc2ccccc2)NC(=O)OC(C)(C)C)C(C)(C)C)c1. The molecule has 0 aromatic heterocycles. The van der Waals surface area contributed by atoms with Crippen LogP contribution in [0.1, 0.15) is 69.8 Å². The van der Waals surface area contributed by atoms with Crippen LogP contribution < -0.4 is 10.6 Å². The third-order valence-corrected chi connectivity index (χ3v) is 7.48. The van der Waals surface area contributed by atoms with E-state index in [1.54, 1.807) is 25.7 Å². The number of anilines is 1. The van der Waals surface area contributed by atoms with Crippen LogP contribution in [0, 0.1) is 13.8 Å². The molecule has 0 saturated heterocycles. The van der Waals surface area contributed by atoms with Crippen molar-refractivity contribution in [1.82, 2.24) is 10.2 Å². The van der Waals surface area contributed by atoms with Crippen LogP contribution in [0.4, 0.5) is 10.5 Å². The molecule has 7 nitrogen and oxygen atoms in total. The number of carbonyl (C=O) groups is 3. The average molecular weight is 608 g/mol. The van der Waals surface area contributed by atoms with Crippen molar-refractivity contribution in [3.63, 3.8) is 0 Å². The number of ether oxygens (including phenoxy) is 1. The van der Waals surface area contributed by atoms with E-state index in [1.807, 2.05) is 126 Å². The van der Waals surface area contributed by atoms with Gasteiger partial charge in [0.05, 0.1) is 0 Å². The fourth-order valence-electron chi connectivity index (χ4n) is 5.44. The van der Waals surface area contributed by atoms with Gasteiger partial charge in [0.15, 0.2) is 0 Å². The van der Waals surface area contributed by atoms with Gasteiger partial charge in [0.25, 0.3) is 5.91 Å². The van der Waals surface area contributed by atoms with E-state index in [0.29, 0.717) is 11.3 Å². The molecular weight excluding hydrogens is 562 g/mol. The summed E-state index contributed by atoms with van der Waals surface area (Å²) in [6.07, 6.45) is -0.480. The second kappa shape index (κ2) is 13.6. The number of benzene rings is 4. The first-order valence-corrected chi connectivity index (χ1v) is 15.4. The van der Waals surface area contributed by atoms with Gasteiger partial charge < -0.3 is 20.3 Å². The number of carbonyl (C=O) groups excluding carboxylic acids is 3. The van der Waals surface area contributed by atoms with Crippen molar-refractivity contribution >= 4 is 34.4 Å². The lowest BCUT2D eigenvalue weighted by Gasteiger charge is -2.43.